The lowest BCUT2D eigenvalue weighted by Gasteiger charge is -2.33. The van der Waals surface area contributed by atoms with Crippen molar-refractivity contribution in [2.45, 2.75) is 58.0 Å². The van der Waals surface area contributed by atoms with E-state index in [0.29, 0.717) is 0 Å². The fraction of sp³-hybridized carbons (Fsp3) is 0.667. The Balaban J connectivity index is 1.73. The molecule has 2 atom stereocenters. The van der Waals surface area contributed by atoms with Crippen molar-refractivity contribution in [1.82, 2.24) is 10.2 Å². The number of nitrogens with zero attached hydrogens (tertiary/aromatic N) is 1. The number of hydrogen-bond donors (Lipinski definition) is 1. The van der Waals surface area contributed by atoms with Gasteiger partial charge < -0.3 is 10.2 Å². The van der Waals surface area contributed by atoms with Crippen LogP contribution in [0, 0.1) is 5.82 Å². The summed E-state index contributed by atoms with van der Waals surface area (Å²) in [6.45, 7) is 7.91. The fourth-order valence-corrected chi connectivity index (χ4v) is 3.27. The highest BCUT2D eigenvalue weighted by Gasteiger charge is 2.17. The Bertz CT molecular complexity index is 421. The number of hydrogen-bond acceptors (Lipinski definition) is 2. The molecule has 0 radical (unpaired) electrons. The van der Waals surface area contributed by atoms with Crippen LogP contribution in [0.3, 0.4) is 0 Å². The van der Waals surface area contributed by atoms with E-state index in [1.807, 2.05) is 6.07 Å². The van der Waals surface area contributed by atoms with E-state index in [0.717, 1.165) is 31.0 Å². The highest BCUT2D eigenvalue weighted by Crippen LogP contribution is 2.18. The van der Waals surface area contributed by atoms with Gasteiger partial charge >= 0.3 is 0 Å². The molecule has 1 aromatic carbocycles. The quantitative estimate of drug-likeness (QED) is 0.760. The summed E-state index contributed by atoms with van der Waals surface area (Å²) in [4.78, 5) is 2.61. The van der Waals surface area contributed by atoms with Gasteiger partial charge in [-0.05, 0) is 69.9 Å². The molecule has 1 aromatic rings. The van der Waals surface area contributed by atoms with Gasteiger partial charge in [-0.15, -0.1) is 0 Å². The van der Waals surface area contributed by atoms with Crippen molar-refractivity contribution >= 4 is 0 Å². The average molecular weight is 292 g/mol. The maximum atomic E-state index is 13.3. The van der Waals surface area contributed by atoms with Crippen molar-refractivity contribution in [2.24, 2.45) is 0 Å². The number of piperidine rings is 1. The van der Waals surface area contributed by atoms with Crippen LogP contribution in [0.4, 0.5) is 4.39 Å². The lowest BCUT2D eigenvalue weighted by molar-refractivity contribution is 0.158. The summed E-state index contributed by atoms with van der Waals surface area (Å²) >= 11 is 0. The van der Waals surface area contributed by atoms with Crippen LogP contribution < -0.4 is 5.32 Å². The van der Waals surface area contributed by atoms with E-state index in [4.69, 9.17) is 0 Å². The normalized spacial score (nSPS) is 21.4. The van der Waals surface area contributed by atoms with Crippen LogP contribution in [0.5, 0.6) is 0 Å². The molecule has 0 aromatic heterocycles. The zero-order valence-electron chi connectivity index (χ0n) is 13.4. The summed E-state index contributed by atoms with van der Waals surface area (Å²) in [7, 11) is 0. The molecular formula is C18H29FN2. The van der Waals surface area contributed by atoms with Crippen molar-refractivity contribution in [3.8, 4) is 0 Å². The lowest BCUT2D eigenvalue weighted by Crippen LogP contribution is -2.39. The van der Waals surface area contributed by atoms with Gasteiger partial charge in [-0.25, -0.2) is 4.39 Å². The Morgan fingerprint density at radius 2 is 2.24 bits per heavy atom. The Morgan fingerprint density at radius 3 is 2.95 bits per heavy atom. The molecule has 0 bridgehead atoms. The van der Waals surface area contributed by atoms with Crippen LogP contribution in [-0.2, 0) is 0 Å². The largest absolute Gasteiger partial charge is 0.310 e. The maximum Gasteiger partial charge on any atom is 0.123 e. The van der Waals surface area contributed by atoms with E-state index in [-0.39, 0.29) is 11.9 Å². The minimum absolute atomic E-state index is 0.144. The van der Waals surface area contributed by atoms with Gasteiger partial charge in [0.15, 0.2) is 0 Å². The molecule has 0 saturated carbocycles. The Morgan fingerprint density at radius 1 is 1.38 bits per heavy atom. The Labute approximate surface area is 128 Å². The number of benzene rings is 1. The lowest BCUT2D eigenvalue weighted by atomic mass is 10.0. The third-order valence-electron chi connectivity index (χ3n) is 4.61. The molecule has 0 amide bonds. The van der Waals surface area contributed by atoms with Gasteiger partial charge in [0, 0.05) is 12.1 Å². The van der Waals surface area contributed by atoms with Crippen molar-refractivity contribution in [2.75, 3.05) is 19.6 Å². The second-order valence-electron chi connectivity index (χ2n) is 6.20. The molecule has 2 rings (SSSR count). The third-order valence-corrected chi connectivity index (χ3v) is 4.61. The predicted octanol–water partition coefficient (Wildman–Crippen LogP) is 4.13. The molecule has 0 aliphatic carbocycles. The van der Waals surface area contributed by atoms with Gasteiger partial charge in [-0.3, -0.25) is 0 Å². The van der Waals surface area contributed by atoms with Crippen molar-refractivity contribution in [3.63, 3.8) is 0 Å². The van der Waals surface area contributed by atoms with E-state index < -0.39 is 0 Å². The molecule has 0 spiro atoms. The van der Waals surface area contributed by atoms with Gasteiger partial charge in [-0.2, -0.15) is 0 Å². The molecule has 3 heteroatoms. The fourth-order valence-electron chi connectivity index (χ4n) is 3.27. The van der Waals surface area contributed by atoms with Gasteiger partial charge in [0.1, 0.15) is 5.82 Å². The van der Waals surface area contributed by atoms with Crippen LogP contribution in [0.15, 0.2) is 24.3 Å². The summed E-state index contributed by atoms with van der Waals surface area (Å²) in [5, 5.41) is 3.57. The Kier molecular flexibility index (Phi) is 6.65. The molecule has 2 nitrogen and oxygen atoms in total. The van der Waals surface area contributed by atoms with Gasteiger partial charge in [0.2, 0.25) is 0 Å². The van der Waals surface area contributed by atoms with E-state index in [2.05, 4.69) is 24.1 Å². The standard InChI is InChI=1S/C18H29FN2/c1-3-18(16-9-6-10-17(19)14-16)20-11-7-13-21-12-5-4-8-15(21)2/h6,9-10,14-15,18,20H,3-5,7-8,11-13H2,1-2H3. The average Bonchev–Trinajstić information content (AvgIpc) is 2.49. The van der Waals surface area contributed by atoms with E-state index in [9.17, 15) is 4.39 Å². The monoisotopic (exact) mass is 292 g/mol. The van der Waals surface area contributed by atoms with Crippen LogP contribution in [0.1, 0.15) is 57.6 Å². The molecule has 1 N–H and O–H groups in total. The summed E-state index contributed by atoms with van der Waals surface area (Å²) in [5.41, 5.74) is 1.06. The predicted molar refractivity (Wildman–Crippen MR) is 86.9 cm³/mol. The highest BCUT2D eigenvalue weighted by atomic mass is 19.1. The minimum Gasteiger partial charge on any atom is -0.310 e. The van der Waals surface area contributed by atoms with E-state index in [1.54, 1.807) is 12.1 Å². The van der Waals surface area contributed by atoms with Gasteiger partial charge in [0.05, 0.1) is 0 Å². The van der Waals surface area contributed by atoms with E-state index in [1.165, 1.54) is 38.4 Å². The van der Waals surface area contributed by atoms with Crippen LogP contribution in [0.25, 0.3) is 0 Å². The first-order valence-corrected chi connectivity index (χ1v) is 8.43. The molecular weight excluding hydrogens is 263 g/mol. The topological polar surface area (TPSA) is 15.3 Å². The zero-order valence-corrected chi connectivity index (χ0v) is 13.4. The first-order chi connectivity index (χ1) is 10.2. The molecule has 2 unspecified atom stereocenters. The second-order valence-corrected chi connectivity index (χ2v) is 6.20. The second kappa shape index (κ2) is 8.50. The molecule has 1 aliphatic heterocycles. The van der Waals surface area contributed by atoms with E-state index >= 15 is 0 Å². The maximum absolute atomic E-state index is 13.3. The molecule has 21 heavy (non-hydrogen) atoms. The Hall–Kier alpha value is -0.930. The molecule has 1 heterocycles. The molecule has 1 aliphatic rings. The summed E-state index contributed by atoms with van der Waals surface area (Å²) < 4.78 is 13.3. The molecule has 1 fully saturated rings. The number of halogens is 1. The zero-order chi connectivity index (χ0) is 15.1. The number of nitrogens with one attached hydrogen (secondary N) is 1. The summed E-state index contributed by atoms with van der Waals surface area (Å²) in [6, 6.07) is 7.96. The third kappa shape index (κ3) is 5.08. The number of likely N-dealkylation sites (tertiary alicyclic amines) is 1. The smallest absolute Gasteiger partial charge is 0.123 e. The molecule has 118 valence electrons. The van der Waals surface area contributed by atoms with Gasteiger partial charge in [0.25, 0.3) is 0 Å². The summed E-state index contributed by atoms with van der Waals surface area (Å²) in [6.07, 6.45) is 6.22. The summed E-state index contributed by atoms with van der Waals surface area (Å²) in [5.74, 6) is -0.144. The SMILES string of the molecule is CCC(NCCCN1CCCCC1C)c1cccc(F)c1. The first kappa shape index (κ1) is 16.4. The minimum atomic E-state index is -0.144. The van der Waals surface area contributed by atoms with Crippen molar-refractivity contribution in [3.05, 3.63) is 35.6 Å². The van der Waals surface area contributed by atoms with Gasteiger partial charge in [-0.1, -0.05) is 25.5 Å². The first-order valence-electron chi connectivity index (χ1n) is 8.43. The highest BCUT2D eigenvalue weighted by molar-refractivity contribution is 5.19. The van der Waals surface area contributed by atoms with Crippen LogP contribution in [0.2, 0.25) is 0 Å². The molecule has 1 saturated heterocycles. The number of rotatable bonds is 7. The van der Waals surface area contributed by atoms with Crippen molar-refractivity contribution < 1.29 is 4.39 Å². The van der Waals surface area contributed by atoms with Crippen LogP contribution >= 0.6 is 0 Å². The van der Waals surface area contributed by atoms with Crippen LogP contribution in [-0.4, -0.2) is 30.6 Å². The van der Waals surface area contributed by atoms with Crippen molar-refractivity contribution in [1.29, 1.82) is 0 Å².